The van der Waals surface area contributed by atoms with Gasteiger partial charge in [0.05, 0.1) is 0 Å². The minimum absolute atomic E-state index is 0.654. The predicted octanol–water partition coefficient (Wildman–Crippen LogP) is 4.81. The molecule has 19 heavy (non-hydrogen) atoms. The first-order valence-electron chi connectivity index (χ1n) is 5.98. The highest BCUT2D eigenvalue weighted by Gasteiger charge is 2.09. The van der Waals surface area contributed by atoms with Crippen molar-refractivity contribution in [3.8, 4) is 11.5 Å². The van der Waals surface area contributed by atoms with Gasteiger partial charge in [0.25, 0.3) is 0 Å². The van der Waals surface area contributed by atoms with Gasteiger partial charge in [0.2, 0.25) is 0 Å². The van der Waals surface area contributed by atoms with Crippen LogP contribution in [0.5, 0.6) is 11.5 Å². The monoisotopic (exact) mass is 295 g/mol. The Kier molecular flexibility index (Phi) is 4.70. The molecule has 2 aromatic carbocycles. The maximum atomic E-state index is 6.19. The van der Waals surface area contributed by atoms with E-state index in [4.69, 9.17) is 27.9 Å². The van der Waals surface area contributed by atoms with E-state index < -0.39 is 0 Å². The molecule has 0 saturated carbocycles. The first-order chi connectivity index (χ1) is 9.11. The molecule has 0 aliphatic rings. The van der Waals surface area contributed by atoms with Crippen LogP contribution in [-0.2, 0) is 6.54 Å². The first kappa shape index (κ1) is 14.2. The molecule has 0 heterocycles. The van der Waals surface area contributed by atoms with Crippen LogP contribution < -0.4 is 10.1 Å². The quantitative estimate of drug-likeness (QED) is 0.874. The van der Waals surface area contributed by atoms with E-state index >= 15 is 0 Å². The van der Waals surface area contributed by atoms with Gasteiger partial charge < -0.3 is 10.1 Å². The Hall–Kier alpha value is -1.22. The maximum Gasteiger partial charge on any atom is 0.133 e. The summed E-state index contributed by atoms with van der Waals surface area (Å²) >= 11 is 12.2. The smallest absolute Gasteiger partial charge is 0.133 e. The van der Waals surface area contributed by atoms with E-state index in [9.17, 15) is 0 Å². The van der Waals surface area contributed by atoms with Crippen molar-refractivity contribution in [1.82, 2.24) is 5.32 Å². The number of halogens is 2. The van der Waals surface area contributed by atoms with Crippen molar-refractivity contribution >= 4 is 23.2 Å². The van der Waals surface area contributed by atoms with Crippen molar-refractivity contribution < 1.29 is 4.74 Å². The third kappa shape index (κ3) is 3.41. The zero-order valence-corrected chi connectivity index (χ0v) is 12.3. The van der Waals surface area contributed by atoms with Gasteiger partial charge in [-0.1, -0.05) is 29.3 Å². The second-order valence-corrected chi connectivity index (χ2v) is 5.07. The van der Waals surface area contributed by atoms with E-state index in [1.165, 1.54) is 0 Å². The Balaban J connectivity index is 2.32. The molecule has 0 bridgehead atoms. The van der Waals surface area contributed by atoms with E-state index in [1.807, 2.05) is 50.4 Å². The number of hydrogen-bond donors (Lipinski definition) is 1. The predicted molar refractivity (Wildman–Crippen MR) is 80.5 cm³/mol. The van der Waals surface area contributed by atoms with E-state index in [0.29, 0.717) is 11.6 Å². The molecule has 0 saturated heterocycles. The van der Waals surface area contributed by atoms with Crippen LogP contribution in [0.15, 0.2) is 36.4 Å². The summed E-state index contributed by atoms with van der Waals surface area (Å²) in [5, 5.41) is 4.51. The topological polar surface area (TPSA) is 21.3 Å². The summed E-state index contributed by atoms with van der Waals surface area (Å²) in [6.07, 6.45) is 0. The van der Waals surface area contributed by atoms with Gasteiger partial charge in [0.15, 0.2) is 0 Å². The third-order valence-electron chi connectivity index (χ3n) is 2.79. The van der Waals surface area contributed by atoms with Crippen molar-refractivity contribution in [2.24, 2.45) is 0 Å². The van der Waals surface area contributed by atoms with Crippen LogP contribution in [0, 0.1) is 6.92 Å². The lowest BCUT2D eigenvalue weighted by Gasteiger charge is -2.13. The molecule has 2 nitrogen and oxygen atoms in total. The zero-order valence-electron chi connectivity index (χ0n) is 10.8. The Morgan fingerprint density at radius 1 is 1.11 bits per heavy atom. The minimum atomic E-state index is 0.654. The molecule has 0 radical (unpaired) electrons. The molecule has 0 aliphatic carbocycles. The van der Waals surface area contributed by atoms with Crippen LogP contribution >= 0.6 is 23.2 Å². The van der Waals surface area contributed by atoms with E-state index in [2.05, 4.69) is 5.32 Å². The number of ether oxygens (including phenoxy) is 1. The molecule has 0 spiro atoms. The number of rotatable bonds is 4. The van der Waals surface area contributed by atoms with E-state index in [-0.39, 0.29) is 0 Å². The van der Waals surface area contributed by atoms with Crippen LogP contribution in [-0.4, -0.2) is 7.05 Å². The van der Waals surface area contributed by atoms with Gasteiger partial charge in [-0.2, -0.15) is 0 Å². The Labute approximate surface area is 123 Å². The summed E-state index contributed by atoms with van der Waals surface area (Å²) in [6.45, 7) is 2.60. The highest BCUT2D eigenvalue weighted by molar-refractivity contribution is 6.31. The number of nitrogens with one attached hydrogen (secondary N) is 1. The minimum Gasteiger partial charge on any atom is -0.457 e. The standard InChI is InChI=1S/C15H15Cl2NO/c1-10-8-11(6-7-13(10)16)19-15-5-3-4-14(17)12(15)9-18-2/h3-8,18H,9H2,1-2H3. The van der Waals surface area contributed by atoms with Crippen molar-refractivity contribution in [3.05, 3.63) is 57.6 Å². The molecule has 0 amide bonds. The van der Waals surface area contributed by atoms with Gasteiger partial charge in [-0.05, 0) is 49.9 Å². The molecule has 0 aliphatic heterocycles. The average Bonchev–Trinajstić information content (AvgIpc) is 2.38. The lowest BCUT2D eigenvalue weighted by atomic mass is 10.2. The van der Waals surface area contributed by atoms with Gasteiger partial charge >= 0.3 is 0 Å². The van der Waals surface area contributed by atoms with Gasteiger partial charge in [0, 0.05) is 22.2 Å². The molecule has 0 aromatic heterocycles. The highest BCUT2D eigenvalue weighted by Crippen LogP contribution is 2.31. The van der Waals surface area contributed by atoms with Crippen molar-refractivity contribution in [2.75, 3.05) is 7.05 Å². The summed E-state index contributed by atoms with van der Waals surface area (Å²) in [7, 11) is 1.87. The largest absolute Gasteiger partial charge is 0.457 e. The van der Waals surface area contributed by atoms with Gasteiger partial charge in [-0.15, -0.1) is 0 Å². The fourth-order valence-corrected chi connectivity index (χ4v) is 2.14. The van der Waals surface area contributed by atoms with Gasteiger partial charge in [0.1, 0.15) is 11.5 Å². The second kappa shape index (κ2) is 6.29. The first-order valence-corrected chi connectivity index (χ1v) is 6.73. The number of benzene rings is 2. The molecule has 2 aromatic rings. The van der Waals surface area contributed by atoms with E-state index in [1.54, 1.807) is 0 Å². The molecule has 0 fully saturated rings. The summed E-state index contributed by atoms with van der Waals surface area (Å²) < 4.78 is 5.90. The lowest BCUT2D eigenvalue weighted by Crippen LogP contribution is -2.07. The summed E-state index contributed by atoms with van der Waals surface area (Å²) in [5.74, 6) is 1.50. The van der Waals surface area contributed by atoms with Crippen LogP contribution in [0.25, 0.3) is 0 Å². The van der Waals surface area contributed by atoms with Crippen LogP contribution in [0.1, 0.15) is 11.1 Å². The highest BCUT2D eigenvalue weighted by atomic mass is 35.5. The molecule has 0 unspecified atom stereocenters. The Bertz CT molecular complexity index is 584. The fourth-order valence-electron chi connectivity index (χ4n) is 1.79. The maximum absolute atomic E-state index is 6.19. The molecular weight excluding hydrogens is 281 g/mol. The Morgan fingerprint density at radius 3 is 2.58 bits per heavy atom. The van der Waals surface area contributed by atoms with Crippen LogP contribution in [0.2, 0.25) is 10.0 Å². The summed E-state index contributed by atoms with van der Waals surface area (Å²) in [6, 6.07) is 11.2. The third-order valence-corrected chi connectivity index (χ3v) is 3.56. The molecule has 4 heteroatoms. The Morgan fingerprint density at radius 2 is 1.89 bits per heavy atom. The van der Waals surface area contributed by atoms with E-state index in [0.717, 1.165) is 27.6 Å². The van der Waals surface area contributed by atoms with Crippen LogP contribution in [0.3, 0.4) is 0 Å². The molecule has 2 rings (SSSR count). The van der Waals surface area contributed by atoms with Crippen molar-refractivity contribution in [2.45, 2.75) is 13.5 Å². The van der Waals surface area contributed by atoms with Crippen LogP contribution in [0.4, 0.5) is 0 Å². The number of aryl methyl sites for hydroxylation is 1. The van der Waals surface area contributed by atoms with Crippen molar-refractivity contribution in [3.63, 3.8) is 0 Å². The second-order valence-electron chi connectivity index (χ2n) is 4.26. The SMILES string of the molecule is CNCc1c(Cl)cccc1Oc1ccc(Cl)c(C)c1. The molecule has 1 N–H and O–H groups in total. The molecular formula is C15H15Cl2NO. The molecule has 0 atom stereocenters. The average molecular weight is 296 g/mol. The lowest BCUT2D eigenvalue weighted by molar-refractivity contribution is 0.474. The fraction of sp³-hybridized carbons (Fsp3) is 0.200. The van der Waals surface area contributed by atoms with Gasteiger partial charge in [-0.25, -0.2) is 0 Å². The molecule has 100 valence electrons. The summed E-state index contributed by atoms with van der Waals surface area (Å²) in [5.41, 5.74) is 1.93. The van der Waals surface area contributed by atoms with Gasteiger partial charge in [-0.3, -0.25) is 0 Å². The zero-order chi connectivity index (χ0) is 13.8. The normalized spacial score (nSPS) is 10.5. The summed E-state index contributed by atoms with van der Waals surface area (Å²) in [4.78, 5) is 0. The number of hydrogen-bond acceptors (Lipinski definition) is 2. The van der Waals surface area contributed by atoms with Crippen molar-refractivity contribution in [1.29, 1.82) is 0 Å².